The number of amidine groups is 1. The van der Waals surface area contributed by atoms with Gasteiger partial charge in [-0.3, -0.25) is 0 Å². The Morgan fingerprint density at radius 3 is 2.27 bits per heavy atom. The van der Waals surface area contributed by atoms with Gasteiger partial charge in [-0.2, -0.15) is 0 Å². The summed E-state index contributed by atoms with van der Waals surface area (Å²) in [7, 11) is -3.49. The summed E-state index contributed by atoms with van der Waals surface area (Å²) < 4.78 is 24.9. The molecule has 0 spiro atoms. The van der Waals surface area contributed by atoms with Gasteiger partial charge in [0.1, 0.15) is 0 Å². The van der Waals surface area contributed by atoms with Crippen molar-refractivity contribution in [1.29, 1.82) is 0 Å². The second-order valence-electron chi connectivity index (χ2n) is 4.22. The van der Waals surface area contributed by atoms with Gasteiger partial charge in [0, 0.05) is 0 Å². The lowest BCUT2D eigenvalue weighted by molar-refractivity contribution is 0.315. The first-order chi connectivity index (χ1) is 6.65. The SMILES string of the molecule is CCC(NS(=O)(=O)C(C)(C)C)C(N)=NO. The molecular weight excluding hydrogens is 218 g/mol. The third-order valence-corrected chi connectivity index (χ3v) is 4.19. The number of sulfonamides is 1. The highest BCUT2D eigenvalue weighted by molar-refractivity contribution is 7.90. The maximum atomic E-state index is 11.7. The van der Waals surface area contributed by atoms with Crippen LogP contribution in [0.25, 0.3) is 0 Å². The van der Waals surface area contributed by atoms with Crippen molar-refractivity contribution in [3.8, 4) is 0 Å². The summed E-state index contributed by atoms with van der Waals surface area (Å²) in [6.45, 7) is 6.48. The van der Waals surface area contributed by atoms with E-state index in [0.29, 0.717) is 6.42 Å². The molecule has 0 fully saturated rings. The van der Waals surface area contributed by atoms with E-state index < -0.39 is 20.8 Å². The van der Waals surface area contributed by atoms with E-state index in [0.717, 1.165) is 0 Å². The van der Waals surface area contributed by atoms with Crippen molar-refractivity contribution in [2.45, 2.75) is 44.9 Å². The van der Waals surface area contributed by atoms with E-state index in [1.165, 1.54) is 0 Å². The van der Waals surface area contributed by atoms with Crippen LogP contribution in [-0.2, 0) is 10.0 Å². The van der Waals surface area contributed by atoms with Gasteiger partial charge in [-0.1, -0.05) is 12.1 Å². The fourth-order valence-corrected chi connectivity index (χ4v) is 1.80. The third-order valence-electron chi connectivity index (χ3n) is 1.98. The molecule has 1 unspecified atom stereocenters. The van der Waals surface area contributed by atoms with Crippen LogP contribution in [0.15, 0.2) is 5.16 Å². The van der Waals surface area contributed by atoms with E-state index in [-0.39, 0.29) is 5.84 Å². The Bertz CT molecular complexity index is 330. The van der Waals surface area contributed by atoms with Gasteiger partial charge in [-0.25, -0.2) is 13.1 Å². The van der Waals surface area contributed by atoms with Crippen molar-refractivity contribution >= 4 is 15.9 Å². The minimum Gasteiger partial charge on any atom is -0.409 e. The molecule has 0 saturated carbocycles. The van der Waals surface area contributed by atoms with E-state index in [4.69, 9.17) is 10.9 Å². The molecular formula is C8H19N3O3S. The topological polar surface area (TPSA) is 105 Å². The van der Waals surface area contributed by atoms with E-state index in [1.54, 1.807) is 27.7 Å². The summed E-state index contributed by atoms with van der Waals surface area (Å²) in [6, 6.07) is -0.667. The Labute approximate surface area is 90.6 Å². The van der Waals surface area contributed by atoms with E-state index >= 15 is 0 Å². The highest BCUT2D eigenvalue weighted by atomic mass is 32.2. The molecule has 6 nitrogen and oxygen atoms in total. The number of hydrogen-bond acceptors (Lipinski definition) is 4. The van der Waals surface area contributed by atoms with Crippen LogP contribution in [0.2, 0.25) is 0 Å². The predicted octanol–water partition coefficient (Wildman–Crippen LogP) is 0.229. The number of oxime groups is 1. The first-order valence-corrected chi connectivity index (χ1v) is 6.13. The molecule has 0 aromatic carbocycles. The monoisotopic (exact) mass is 237 g/mol. The summed E-state index contributed by atoms with van der Waals surface area (Å²) in [4.78, 5) is 0. The zero-order chi connectivity index (χ0) is 12.3. The van der Waals surface area contributed by atoms with Gasteiger partial charge in [0.05, 0.1) is 10.8 Å². The minimum absolute atomic E-state index is 0.134. The Morgan fingerprint density at radius 1 is 1.53 bits per heavy atom. The molecule has 0 bridgehead atoms. The first kappa shape index (κ1) is 14.2. The van der Waals surface area contributed by atoms with Gasteiger partial charge >= 0.3 is 0 Å². The Morgan fingerprint density at radius 2 is 2.00 bits per heavy atom. The van der Waals surface area contributed by atoms with Gasteiger partial charge in [-0.15, -0.1) is 0 Å². The number of rotatable bonds is 4. The van der Waals surface area contributed by atoms with Gasteiger partial charge in [0.25, 0.3) is 0 Å². The largest absolute Gasteiger partial charge is 0.409 e. The molecule has 1 atom stereocenters. The lowest BCUT2D eigenvalue weighted by atomic mass is 10.2. The van der Waals surface area contributed by atoms with Crippen LogP contribution in [0.5, 0.6) is 0 Å². The first-order valence-electron chi connectivity index (χ1n) is 4.65. The van der Waals surface area contributed by atoms with Crippen molar-refractivity contribution in [2.75, 3.05) is 0 Å². The second-order valence-corrected chi connectivity index (χ2v) is 6.69. The van der Waals surface area contributed by atoms with E-state index in [1.807, 2.05) is 0 Å². The summed E-state index contributed by atoms with van der Waals surface area (Å²) in [5.41, 5.74) is 5.35. The Hall–Kier alpha value is -0.820. The highest BCUT2D eigenvalue weighted by Gasteiger charge is 2.31. The third kappa shape index (κ3) is 3.67. The van der Waals surface area contributed by atoms with Gasteiger partial charge in [0.15, 0.2) is 5.84 Å². The molecule has 0 heterocycles. The minimum atomic E-state index is -3.49. The number of nitrogens with one attached hydrogen (secondary N) is 1. The predicted molar refractivity (Wildman–Crippen MR) is 59.3 cm³/mol. The van der Waals surface area contributed by atoms with Crippen LogP contribution in [0.4, 0.5) is 0 Å². The van der Waals surface area contributed by atoms with Crippen LogP contribution in [0.1, 0.15) is 34.1 Å². The summed E-state index contributed by atoms with van der Waals surface area (Å²) >= 11 is 0. The van der Waals surface area contributed by atoms with Crippen LogP contribution in [0, 0.1) is 0 Å². The maximum absolute atomic E-state index is 11.7. The molecule has 0 aliphatic rings. The van der Waals surface area contributed by atoms with E-state index in [9.17, 15) is 8.42 Å². The molecule has 15 heavy (non-hydrogen) atoms. The van der Waals surface area contributed by atoms with Crippen LogP contribution >= 0.6 is 0 Å². The second kappa shape index (κ2) is 4.80. The normalized spacial score (nSPS) is 16.4. The number of nitrogens with two attached hydrogens (primary N) is 1. The average Bonchev–Trinajstić information content (AvgIpc) is 2.11. The molecule has 0 aromatic rings. The van der Waals surface area contributed by atoms with Crippen molar-refractivity contribution in [3.63, 3.8) is 0 Å². The van der Waals surface area contributed by atoms with Crippen LogP contribution < -0.4 is 10.5 Å². The fourth-order valence-electron chi connectivity index (χ4n) is 0.787. The zero-order valence-corrected chi connectivity index (χ0v) is 10.3. The van der Waals surface area contributed by atoms with Crippen LogP contribution in [0.3, 0.4) is 0 Å². The van der Waals surface area contributed by atoms with Crippen LogP contribution in [-0.4, -0.2) is 30.2 Å². The Kier molecular flexibility index (Phi) is 4.54. The Balaban J connectivity index is 4.87. The molecule has 90 valence electrons. The van der Waals surface area contributed by atoms with Crippen molar-refractivity contribution in [3.05, 3.63) is 0 Å². The van der Waals surface area contributed by atoms with Gasteiger partial charge in [0.2, 0.25) is 10.0 Å². The van der Waals surface area contributed by atoms with Gasteiger partial charge in [-0.05, 0) is 27.2 Å². The lowest BCUT2D eigenvalue weighted by Crippen LogP contribution is -2.49. The summed E-state index contributed by atoms with van der Waals surface area (Å²) in [5.74, 6) is -0.134. The van der Waals surface area contributed by atoms with Crippen molar-refractivity contribution in [1.82, 2.24) is 4.72 Å². The fraction of sp³-hybridized carbons (Fsp3) is 0.875. The summed E-state index contributed by atoms with van der Waals surface area (Å²) in [5, 5.41) is 11.3. The smallest absolute Gasteiger partial charge is 0.217 e. The van der Waals surface area contributed by atoms with E-state index in [2.05, 4.69) is 9.88 Å². The molecule has 4 N–H and O–H groups in total. The summed E-state index contributed by atoms with van der Waals surface area (Å²) in [6.07, 6.45) is 0.422. The lowest BCUT2D eigenvalue weighted by Gasteiger charge is -2.23. The molecule has 7 heteroatoms. The van der Waals surface area contributed by atoms with Crippen molar-refractivity contribution < 1.29 is 13.6 Å². The molecule has 0 rings (SSSR count). The van der Waals surface area contributed by atoms with Crippen molar-refractivity contribution in [2.24, 2.45) is 10.9 Å². The average molecular weight is 237 g/mol. The van der Waals surface area contributed by atoms with Gasteiger partial charge < -0.3 is 10.9 Å². The zero-order valence-electron chi connectivity index (χ0n) is 9.48. The quantitative estimate of drug-likeness (QED) is 0.282. The molecule has 0 amide bonds. The molecule has 0 aromatic heterocycles. The highest BCUT2D eigenvalue weighted by Crippen LogP contribution is 2.14. The number of hydrogen-bond donors (Lipinski definition) is 3. The molecule has 0 aliphatic heterocycles. The molecule has 0 saturated heterocycles. The molecule has 0 radical (unpaired) electrons. The standard InChI is InChI=1S/C8H19N3O3S/c1-5-6(7(9)10-12)11-15(13,14)8(2,3)4/h6,11-12H,5H2,1-4H3,(H2,9,10). The maximum Gasteiger partial charge on any atom is 0.217 e. The number of nitrogens with zero attached hydrogens (tertiary/aromatic N) is 1. The molecule has 0 aliphatic carbocycles.